The SMILES string of the molecule is O=[N+]([O-])C1Cc2ccc3ccccc3c2OC1(c1cc(F)c(F)cc1F)C1CNCCO1. The molecule has 0 aliphatic carbocycles. The zero-order valence-corrected chi connectivity index (χ0v) is 16.8. The van der Waals surface area contributed by atoms with E-state index in [9.17, 15) is 18.9 Å². The van der Waals surface area contributed by atoms with Gasteiger partial charge in [0, 0.05) is 47.0 Å². The Hall–Kier alpha value is -3.17. The monoisotopic (exact) mass is 444 g/mol. The van der Waals surface area contributed by atoms with E-state index in [1.165, 1.54) is 0 Å². The standard InChI is InChI=1S/C23H19F3N2O4/c24-17-11-19(26)18(25)10-16(17)23(21-12-27-7-8-31-21)20(28(29)30)9-14-6-5-13-3-1-2-4-15(13)22(14)32-23/h1-6,10-11,20-21,27H,7-9,12H2. The predicted octanol–water partition coefficient (Wildman–Crippen LogP) is 3.72. The van der Waals surface area contributed by atoms with Gasteiger partial charge in [0.25, 0.3) is 6.04 Å². The molecule has 0 amide bonds. The number of rotatable bonds is 3. The van der Waals surface area contributed by atoms with Crippen LogP contribution in [-0.2, 0) is 16.8 Å². The number of nitrogens with one attached hydrogen (secondary N) is 1. The Morgan fingerprint density at radius 3 is 2.59 bits per heavy atom. The number of ether oxygens (including phenoxy) is 2. The van der Waals surface area contributed by atoms with E-state index in [0.29, 0.717) is 35.4 Å². The van der Waals surface area contributed by atoms with E-state index in [4.69, 9.17) is 9.47 Å². The van der Waals surface area contributed by atoms with Crippen LogP contribution in [0, 0.1) is 27.6 Å². The maximum absolute atomic E-state index is 15.2. The molecule has 1 N–H and O–H groups in total. The fourth-order valence-electron chi connectivity index (χ4n) is 4.75. The minimum Gasteiger partial charge on any atom is -0.471 e. The molecule has 2 aliphatic heterocycles. The third-order valence-electron chi connectivity index (χ3n) is 6.23. The second-order valence-electron chi connectivity index (χ2n) is 7.99. The van der Waals surface area contributed by atoms with Gasteiger partial charge in [-0.25, -0.2) is 13.2 Å². The van der Waals surface area contributed by atoms with Crippen LogP contribution in [0.2, 0.25) is 0 Å². The largest absolute Gasteiger partial charge is 0.471 e. The predicted molar refractivity (Wildman–Crippen MR) is 110 cm³/mol. The quantitative estimate of drug-likeness (QED) is 0.379. The zero-order valence-electron chi connectivity index (χ0n) is 16.8. The smallest absolute Gasteiger partial charge is 0.263 e. The van der Waals surface area contributed by atoms with Crippen molar-refractivity contribution in [2.75, 3.05) is 19.7 Å². The Bertz CT molecular complexity index is 1220. The van der Waals surface area contributed by atoms with E-state index in [2.05, 4.69) is 5.32 Å². The van der Waals surface area contributed by atoms with E-state index in [1.54, 1.807) is 18.2 Å². The summed E-state index contributed by atoms with van der Waals surface area (Å²) < 4.78 is 55.4. The van der Waals surface area contributed by atoms with Crippen molar-refractivity contribution in [1.82, 2.24) is 5.32 Å². The Labute approximate surface area is 181 Å². The summed E-state index contributed by atoms with van der Waals surface area (Å²) in [6, 6.07) is 10.4. The molecule has 0 saturated carbocycles. The van der Waals surface area contributed by atoms with Crippen LogP contribution in [-0.4, -0.2) is 36.8 Å². The number of morpholine rings is 1. The number of hydrogen-bond acceptors (Lipinski definition) is 5. The minimum absolute atomic E-state index is 0.0918. The molecule has 3 aromatic carbocycles. The third-order valence-corrected chi connectivity index (χ3v) is 6.23. The van der Waals surface area contributed by atoms with E-state index in [1.807, 2.05) is 18.2 Å². The summed E-state index contributed by atoms with van der Waals surface area (Å²) in [7, 11) is 0. The van der Waals surface area contributed by atoms with Gasteiger partial charge in [0.15, 0.2) is 11.6 Å². The molecule has 2 aliphatic rings. The number of nitrogens with zero attached hydrogens (tertiary/aromatic N) is 1. The molecule has 5 rings (SSSR count). The summed E-state index contributed by atoms with van der Waals surface area (Å²) in [5.74, 6) is -3.49. The van der Waals surface area contributed by atoms with Gasteiger partial charge in [0.05, 0.1) is 6.61 Å². The van der Waals surface area contributed by atoms with Gasteiger partial charge in [0.1, 0.15) is 17.7 Å². The summed E-state index contributed by atoms with van der Waals surface area (Å²) in [5, 5.41) is 16.9. The molecule has 0 spiro atoms. The first-order chi connectivity index (χ1) is 15.4. The van der Waals surface area contributed by atoms with Crippen molar-refractivity contribution in [1.29, 1.82) is 0 Å². The molecule has 3 aromatic rings. The number of halogens is 3. The molecule has 0 bridgehead atoms. The molecule has 3 atom stereocenters. The van der Waals surface area contributed by atoms with Gasteiger partial charge >= 0.3 is 0 Å². The lowest BCUT2D eigenvalue weighted by molar-refractivity contribution is -0.552. The van der Waals surface area contributed by atoms with Gasteiger partial charge in [-0.1, -0.05) is 36.4 Å². The van der Waals surface area contributed by atoms with Gasteiger partial charge in [-0.15, -0.1) is 0 Å². The van der Waals surface area contributed by atoms with Crippen LogP contribution in [0.15, 0.2) is 48.5 Å². The molecule has 1 saturated heterocycles. The van der Waals surface area contributed by atoms with Crippen LogP contribution in [0.4, 0.5) is 13.2 Å². The normalized spacial score (nSPS) is 25.2. The van der Waals surface area contributed by atoms with Gasteiger partial charge in [-0.3, -0.25) is 10.1 Å². The molecular formula is C23H19F3N2O4. The molecule has 0 radical (unpaired) electrons. The lowest BCUT2D eigenvalue weighted by Crippen LogP contribution is -2.64. The first-order valence-corrected chi connectivity index (χ1v) is 10.2. The van der Waals surface area contributed by atoms with Gasteiger partial charge < -0.3 is 14.8 Å². The molecule has 9 heteroatoms. The van der Waals surface area contributed by atoms with Gasteiger partial charge in [-0.05, 0) is 11.5 Å². The Morgan fingerprint density at radius 1 is 1.06 bits per heavy atom. The van der Waals surface area contributed by atoms with E-state index in [0.717, 1.165) is 5.39 Å². The highest BCUT2D eigenvalue weighted by molar-refractivity contribution is 5.90. The summed E-state index contributed by atoms with van der Waals surface area (Å²) in [5.41, 5.74) is -1.88. The molecular weight excluding hydrogens is 425 g/mol. The average Bonchev–Trinajstić information content (AvgIpc) is 2.81. The highest BCUT2D eigenvalue weighted by Gasteiger charge is 2.61. The van der Waals surface area contributed by atoms with Crippen LogP contribution in [0.3, 0.4) is 0 Å². The van der Waals surface area contributed by atoms with Gasteiger partial charge in [-0.2, -0.15) is 0 Å². The number of fused-ring (bicyclic) bond motifs is 3. The fourth-order valence-corrected chi connectivity index (χ4v) is 4.75. The van der Waals surface area contributed by atoms with Crippen LogP contribution in [0.5, 0.6) is 5.75 Å². The van der Waals surface area contributed by atoms with Crippen molar-refractivity contribution in [2.45, 2.75) is 24.2 Å². The minimum atomic E-state index is -2.02. The molecule has 32 heavy (non-hydrogen) atoms. The second kappa shape index (κ2) is 7.75. The Balaban J connectivity index is 1.81. The fraction of sp³-hybridized carbons (Fsp3) is 0.304. The van der Waals surface area contributed by atoms with Crippen molar-refractivity contribution in [3.8, 4) is 5.75 Å². The number of benzene rings is 3. The molecule has 2 heterocycles. The summed E-state index contributed by atoms with van der Waals surface area (Å²) >= 11 is 0. The molecule has 1 fully saturated rings. The topological polar surface area (TPSA) is 73.6 Å². The van der Waals surface area contributed by atoms with Crippen molar-refractivity contribution >= 4 is 10.8 Å². The molecule has 3 unspecified atom stereocenters. The average molecular weight is 444 g/mol. The van der Waals surface area contributed by atoms with Crippen LogP contribution in [0.25, 0.3) is 10.8 Å². The summed E-state index contributed by atoms with van der Waals surface area (Å²) in [6.07, 6.45) is -1.11. The number of hydrogen-bond donors (Lipinski definition) is 1. The molecule has 6 nitrogen and oxygen atoms in total. The third kappa shape index (κ3) is 3.11. The van der Waals surface area contributed by atoms with Crippen molar-refractivity contribution in [2.24, 2.45) is 0 Å². The second-order valence-corrected chi connectivity index (χ2v) is 7.99. The van der Waals surface area contributed by atoms with E-state index < -0.39 is 45.7 Å². The maximum atomic E-state index is 15.2. The van der Waals surface area contributed by atoms with Crippen molar-refractivity contribution < 1.29 is 27.6 Å². The zero-order chi connectivity index (χ0) is 22.5. The lowest BCUT2D eigenvalue weighted by atomic mass is 9.75. The molecule has 0 aromatic heterocycles. The van der Waals surface area contributed by atoms with Gasteiger partial charge in [0.2, 0.25) is 5.60 Å². The first kappa shape index (κ1) is 20.7. The highest BCUT2D eigenvalue weighted by atomic mass is 19.2. The summed E-state index contributed by atoms with van der Waals surface area (Å²) in [4.78, 5) is 11.7. The van der Waals surface area contributed by atoms with Crippen molar-refractivity contribution in [3.05, 3.63) is 87.2 Å². The summed E-state index contributed by atoms with van der Waals surface area (Å²) in [6.45, 7) is 0.812. The maximum Gasteiger partial charge on any atom is 0.263 e. The van der Waals surface area contributed by atoms with Crippen LogP contribution >= 0.6 is 0 Å². The highest BCUT2D eigenvalue weighted by Crippen LogP contribution is 2.48. The molecule has 166 valence electrons. The van der Waals surface area contributed by atoms with E-state index >= 15 is 4.39 Å². The number of nitro groups is 1. The Kier molecular flexibility index (Phi) is 5.02. The van der Waals surface area contributed by atoms with E-state index in [-0.39, 0.29) is 19.6 Å². The lowest BCUT2D eigenvalue weighted by Gasteiger charge is -2.46. The first-order valence-electron chi connectivity index (χ1n) is 10.2. The van der Waals surface area contributed by atoms with Crippen LogP contribution < -0.4 is 10.1 Å². The van der Waals surface area contributed by atoms with Crippen LogP contribution in [0.1, 0.15) is 11.1 Å². The Morgan fingerprint density at radius 2 is 1.84 bits per heavy atom. The van der Waals surface area contributed by atoms with Crippen molar-refractivity contribution in [3.63, 3.8) is 0 Å².